The van der Waals surface area contributed by atoms with Gasteiger partial charge in [0.2, 0.25) is 0 Å². The maximum Gasteiger partial charge on any atom is 0.197 e. The minimum atomic E-state index is -0.438. The van der Waals surface area contributed by atoms with E-state index in [0.717, 1.165) is 0 Å². The first-order valence-corrected chi connectivity index (χ1v) is 6.09. The summed E-state index contributed by atoms with van der Waals surface area (Å²) in [6, 6.07) is 9.06. The number of methoxy groups -OCH3 is 2. The first-order chi connectivity index (χ1) is 9.56. The lowest BCUT2D eigenvalue weighted by atomic mass is 9.98. The summed E-state index contributed by atoms with van der Waals surface area (Å²) in [6.45, 7) is 1.77. The van der Waals surface area contributed by atoms with Gasteiger partial charge in [-0.05, 0) is 36.8 Å². The number of hydrogen-bond acceptors (Lipinski definition) is 3. The lowest BCUT2D eigenvalue weighted by Crippen LogP contribution is -2.06. The fraction of sp³-hybridized carbons (Fsp3) is 0.188. The highest BCUT2D eigenvalue weighted by Gasteiger charge is 2.17. The van der Waals surface area contributed by atoms with E-state index < -0.39 is 5.82 Å². The Balaban J connectivity index is 2.50. The zero-order valence-corrected chi connectivity index (χ0v) is 11.6. The number of benzene rings is 2. The first kappa shape index (κ1) is 14.1. The van der Waals surface area contributed by atoms with Crippen LogP contribution in [0.2, 0.25) is 0 Å². The van der Waals surface area contributed by atoms with Gasteiger partial charge in [-0.3, -0.25) is 4.79 Å². The summed E-state index contributed by atoms with van der Waals surface area (Å²) < 4.78 is 23.6. The van der Waals surface area contributed by atoms with Crippen LogP contribution in [0.3, 0.4) is 0 Å². The highest BCUT2D eigenvalue weighted by atomic mass is 19.1. The number of carbonyl (C=O) groups excluding carboxylic acids is 1. The number of carbonyl (C=O) groups is 1. The van der Waals surface area contributed by atoms with Gasteiger partial charge < -0.3 is 9.47 Å². The van der Waals surface area contributed by atoms with Gasteiger partial charge in [-0.2, -0.15) is 0 Å². The molecule has 0 saturated carbocycles. The quantitative estimate of drug-likeness (QED) is 0.802. The Morgan fingerprint density at radius 3 is 2.40 bits per heavy atom. The Labute approximate surface area is 117 Å². The van der Waals surface area contributed by atoms with Crippen LogP contribution in [0.4, 0.5) is 4.39 Å². The maximum atomic E-state index is 13.3. The van der Waals surface area contributed by atoms with Crippen molar-refractivity contribution in [3.8, 4) is 11.5 Å². The topological polar surface area (TPSA) is 35.5 Å². The molecule has 0 unspecified atom stereocenters. The molecule has 104 valence electrons. The summed E-state index contributed by atoms with van der Waals surface area (Å²) in [5, 5.41) is 0. The van der Waals surface area contributed by atoms with Crippen molar-refractivity contribution in [2.75, 3.05) is 14.2 Å². The average molecular weight is 274 g/mol. The van der Waals surface area contributed by atoms with Crippen LogP contribution in [0.25, 0.3) is 0 Å². The van der Waals surface area contributed by atoms with Gasteiger partial charge in [-0.25, -0.2) is 4.39 Å². The van der Waals surface area contributed by atoms with Gasteiger partial charge >= 0.3 is 0 Å². The monoisotopic (exact) mass is 274 g/mol. The summed E-state index contributed by atoms with van der Waals surface area (Å²) in [5.41, 5.74) is 1.42. The minimum Gasteiger partial charge on any atom is -0.497 e. The largest absolute Gasteiger partial charge is 0.497 e. The van der Waals surface area contributed by atoms with E-state index in [9.17, 15) is 9.18 Å². The molecular formula is C16H15FO3. The van der Waals surface area contributed by atoms with E-state index in [-0.39, 0.29) is 5.78 Å². The summed E-state index contributed by atoms with van der Waals surface area (Å²) >= 11 is 0. The predicted octanol–water partition coefficient (Wildman–Crippen LogP) is 3.38. The third kappa shape index (κ3) is 2.64. The van der Waals surface area contributed by atoms with Crippen molar-refractivity contribution in [1.29, 1.82) is 0 Å². The molecule has 0 spiro atoms. The molecule has 0 amide bonds. The molecule has 0 aliphatic rings. The van der Waals surface area contributed by atoms with Gasteiger partial charge in [0.05, 0.1) is 19.8 Å². The Hall–Kier alpha value is -2.36. The van der Waals surface area contributed by atoms with E-state index in [4.69, 9.17) is 9.47 Å². The lowest BCUT2D eigenvalue weighted by molar-refractivity contribution is 0.103. The van der Waals surface area contributed by atoms with Crippen LogP contribution in [0.1, 0.15) is 21.5 Å². The number of rotatable bonds is 4. The summed E-state index contributed by atoms with van der Waals surface area (Å²) in [7, 11) is 3.01. The molecule has 0 aliphatic heterocycles. The number of hydrogen-bond donors (Lipinski definition) is 0. The van der Waals surface area contributed by atoms with Gasteiger partial charge in [0.25, 0.3) is 0 Å². The van der Waals surface area contributed by atoms with Gasteiger partial charge in [-0.15, -0.1) is 0 Å². The van der Waals surface area contributed by atoms with E-state index in [1.807, 2.05) is 0 Å². The molecule has 0 radical (unpaired) electrons. The number of aryl methyl sites for hydroxylation is 1. The van der Waals surface area contributed by atoms with Crippen molar-refractivity contribution in [3.05, 3.63) is 58.9 Å². The molecule has 2 aromatic rings. The minimum absolute atomic E-state index is 0.276. The van der Waals surface area contributed by atoms with Gasteiger partial charge in [0.1, 0.15) is 17.3 Å². The zero-order chi connectivity index (χ0) is 14.7. The molecule has 2 rings (SSSR count). The van der Waals surface area contributed by atoms with E-state index in [2.05, 4.69) is 0 Å². The number of halogens is 1. The molecule has 0 N–H and O–H groups in total. The van der Waals surface area contributed by atoms with Gasteiger partial charge in [-0.1, -0.05) is 6.07 Å². The van der Waals surface area contributed by atoms with Crippen LogP contribution in [-0.2, 0) is 0 Å². The summed E-state index contributed by atoms with van der Waals surface area (Å²) in [6.07, 6.45) is 0. The van der Waals surface area contributed by atoms with Crippen molar-refractivity contribution in [3.63, 3.8) is 0 Å². The molecule has 0 saturated heterocycles. The van der Waals surface area contributed by atoms with Crippen molar-refractivity contribution < 1.29 is 18.7 Å². The highest BCUT2D eigenvalue weighted by molar-refractivity contribution is 6.11. The third-order valence-electron chi connectivity index (χ3n) is 3.10. The second kappa shape index (κ2) is 5.74. The molecule has 0 bridgehead atoms. The summed E-state index contributed by atoms with van der Waals surface area (Å²) in [4.78, 5) is 12.5. The smallest absolute Gasteiger partial charge is 0.197 e. The summed E-state index contributed by atoms with van der Waals surface area (Å²) in [5.74, 6) is 0.278. The van der Waals surface area contributed by atoms with Crippen LogP contribution >= 0.6 is 0 Å². The molecule has 0 fully saturated rings. The van der Waals surface area contributed by atoms with Crippen LogP contribution in [0, 0.1) is 12.7 Å². The third-order valence-corrected chi connectivity index (χ3v) is 3.10. The molecule has 4 heteroatoms. The zero-order valence-electron chi connectivity index (χ0n) is 11.6. The fourth-order valence-electron chi connectivity index (χ4n) is 1.97. The standard InChI is InChI=1S/C16H15FO3/c1-10-4-5-11(17)8-14(10)16(18)13-7-6-12(19-2)9-15(13)20-3/h4-9H,1-3H3. The van der Waals surface area contributed by atoms with Crippen molar-refractivity contribution in [1.82, 2.24) is 0 Å². The maximum absolute atomic E-state index is 13.3. The molecule has 0 aromatic heterocycles. The van der Waals surface area contributed by atoms with Gasteiger partial charge in [0, 0.05) is 11.6 Å². The van der Waals surface area contributed by atoms with Crippen molar-refractivity contribution >= 4 is 5.78 Å². The van der Waals surface area contributed by atoms with E-state index in [1.54, 1.807) is 31.2 Å². The molecule has 0 atom stereocenters. The van der Waals surface area contributed by atoms with Crippen molar-refractivity contribution in [2.24, 2.45) is 0 Å². The Bertz CT molecular complexity index is 650. The number of ketones is 1. The SMILES string of the molecule is COc1ccc(C(=O)c2cc(F)ccc2C)c(OC)c1. The van der Waals surface area contributed by atoms with E-state index in [1.165, 1.54) is 26.4 Å². The van der Waals surface area contributed by atoms with Gasteiger partial charge in [0.15, 0.2) is 5.78 Å². The second-order valence-corrected chi connectivity index (χ2v) is 4.35. The van der Waals surface area contributed by atoms with E-state index in [0.29, 0.717) is 28.2 Å². The molecule has 0 aliphatic carbocycles. The highest BCUT2D eigenvalue weighted by Crippen LogP contribution is 2.27. The molecular weight excluding hydrogens is 259 g/mol. The Morgan fingerprint density at radius 2 is 1.75 bits per heavy atom. The van der Waals surface area contributed by atoms with Crippen LogP contribution < -0.4 is 9.47 Å². The van der Waals surface area contributed by atoms with Crippen LogP contribution in [-0.4, -0.2) is 20.0 Å². The second-order valence-electron chi connectivity index (χ2n) is 4.35. The average Bonchev–Trinajstić information content (AvgIpc) is 2.48. The van der Waals surface area contributed by atoms with Crippen LogP contribution in [0.5, 0.6) is 11.5 Å². The van der Waals surface area contributed by atoms with Crippen LogP contribution in [0.15, 0.2) is 36.4 Å². The first-order valence-electron chi connectivity index (χ1n) is 6.09. The predicted molar refractivity (Wildman–Crippen MR) is 74.1 cm³/mol. The Morgan fingerprint density at radius 1 is 1.00 bits per heavy atom. The fourth-order valence-corrected chi connectivity index (χ4v) is 1.97. The molecule has 3 nitrogen and oxygen atoms in total. The molecule has 20 heavy (non-hydrogen) atoms. The lowest BCUT2D eigenvalue weighted by Gasteiger charge is -2.11. The van der Waals surface area contributed by atoms with E-state index >= 15 is 0 Å². The number of ether oxygens (including phenoxy) is 2. The molecule has 0 heterocycles. The Kier molecular flexibility index (Phi) is 4.03. The van der Waals surface area contributed by atoms with Crippen molar-refractivity contribution in [2.45, 2.75) is 6.92 Å². The normalized spacial score (nSPS) is 10.2. The molecule has 2 aromatic carbocycles.